The number of anilines is 1. The predicted octanol–water partition coefficient (Wildman–Crippen LogP) is 2.38. The molecule has 0 bridgehead atoms. The molecule has 2 N–H and O–H groups in total. The largest absolute Gasteiger partial charge is 0.383 e. The molecule has 3 heteroatoms. The number of aromatic nitrogens is 2. The lowest BCUT2D eigenvalue weighted by Gasteiger charge is -2.08. The van der Waals surface area contributed by atoms with Crippen molar-refractivity contribution < 1.29 is 0 Å². The van der Waals surface area contributed by atoms with Crippen LogP contribution in [0.5, 0.6) is 0 Å². The number of H-pyrrole nitrogens is 1. The summed E-state index contributed by atoms with van der Waals surface area (Å²) < 4.78 is 0. The normalized spacial score (nSPS) is 11.0. The molecule has 0 amide bonds. The van der Waals surface area contributed by atoms with Crippen molar-refractivity contribution in [3.8, 4) is 0 Å². The molecular formula is C10H13N3. The first kappa shape index (κ1) is 8.10. The van der Waals surface area contributed by atoms with Crippen molar-refractivity contribution in [2.75, 3.05) is 5.32 Å². The number of rotatable bonds is 2. The van der Waals surface area contributed by atoms with Gasteiger partial charge in [-0.05, 0) is 32.0 Å². The van der Waals surface area contributed by atoms with Crippen molar-refractivity contribution in [3.05, 3.63) is 24.5 Å². The first-order valence-electron chi connectivity index (χ1n) is 4.45. The molecule has 2 aromatic rings. The molecule has 13 heavy (non-hydrogen) atoms. The zero-order valence-corrected chi connectivity index (χ0v) is 7.83. The Morgan fingerprint density at radius 1 is 1.38 bits per heavy atom. The van der Waals surface area contributed by atoms with Crippen LogP contribution in [0.1, 0.15) is 13.8 Å². The van der Waals surface area contributed by atoms with E-state index >= 15 is 0 Å². The van der Waals surface area contributed by atoms with Crippen molar-refractivity contribution in [3.63, 3.8) is 0 Å². The quantitative estimate of drug-likeness (QED) is 0.735. The average molecular weight is 175 g/mol. The number of hydrogen-bond acceptors (Lipinski definition) is 2. The summed E-state index contributed by atoms with van der Waals surface area (Å²) in [5.74, 6) is 0. The van der Waals surface area contributed by atoms with E-state index in [1.54, 1.807) is 6.33 Å². The van der Waals surface area contributed by atoms with Gasteiger partial charge in [0.05, 0.1) is 17.4 Å². The van der Waals surface area contributed by atoms with Gasteiger partial charge in [-0.15, -0.1) is 0 Å². The highest BCUT2D eigenvalue weighted by Crippen LogP contribution is 2.15. The standard InChI is InChI=1S/C10H13N3/c1-7(2)13-8-3-4-9-10(5-8)12-6-11-9/h3-7,13H,1-2H3,(H,11,12). The van der Waals surface area contributed by atoms with Gasteiger partial charge in [0.25, 0.3) is 0 Å². The Bertz CT molecular complexity index is 403. The van der Waals surface area contributed by atoms with Gasteiger partial charge in [-0.1, -0.05) is 0 Å². The highest BCUT2D eigenvalue weighted by atomic mass is 14.9. The second kappa shape index (κ2) is 3.09. The molecule has 0 saturated heterocycles. The first-order valence-corrected chi connectivity index (χ1v) is 4.45. The minimum atomic E-state index is 0.455. The van der Waals surface area contributed by atoms with Crippen molar-refractivity contribution in [2.24, 2.45) is 0 Å². The van der Waals surface area contributed by atoms with Gasteiger partial charge in [-0.25, -0.2) is 4.98 Å². The molecule has 0 spiro atoms. The first-order chi connectivity index (χ1) is 6.25. The third-order valence-corrected chi connectivity index (χ3v) is 1.88. The highest BCUT2D eigenvalue weighted by molar-refractivity contribution is 5.78. The second-order valence-corrected chi connectivity index (χ2v) is 3.43. The number of nitrogens with one attached hydrogen (secondary N) is 2. The van der Waals surface area contributed by atoms with E-state index in [0.29, 0.717) is 6.04 Å². The van der Waals surface area contributed by atoms with Gasteiger partial charge < -0.3 is 10.3 Å². The summed E-state index contributed by atoms with van der Waals surface area (Å²) in [5.41, 5.74) is 3.20. The maximum absolute atomic E-state index is 4.19. The number of imidazole rings is 1. The predicted molar refractivity (Wildman–Crippen MR) is 54.9 cm³/mol. The Kier molecular flexibility index (Phi) is 1.93. The minimum absolute atomic E-state index is 0.455. The molecule has 0 atom stereocenters. The molecule has 1 aromatic heterocycles. The topological polar surface area (TPSA) is 40.7 Å². The lowest BCUT2D eigenvalue weighted by molar-refractivity contribution is 0.900. The van der Waals surface area contributed by atoms with Crippen LogP contribution in [0.2, 0.25) is 0 Å². The molecule has 0 radical (unpaired) electrons. The summed E-state index contributed by atoms with van der Waals surface area (Å²) in [5, 5.41) is 3.33. The van der Waals surface area contributed by atoms with E-state index in [1.165, 1.54) is 0 Å². The van der Waals surface area contributed by atoms with E-state index in [0.717, 1.165) is 16.7 Å². The summed E-state index contributed by atoms with van der Waals surface area (Å²) in [6.45, 7) is 4.24. The molecular weight excluding hydrogens is 162 g/mol. The zero-order chi connectivity index (χ0) is 9.26. The number of benzene rings is 1. The van der Waals surface area contributed by atoms with Crippen LogP contribution in [0.4, 0.5) is 5.69 Å². The van der Waals surface area contributed by atoms with Crippen LogP contribution in [-0.2, 0) is 0 Å². The van der Waals surface area contributed by atoms with Crippen molar-refractivity contribution in [1.29, 1.82) is 0 Å². The monoisotopic (exact) mass is 175 g/mol. The van der Waals surface area contributed by atoms with Crippen LogP contribution in [0.15, 0.2) is 24.5 Å². The Morgan fingerprint density at radius 3 is 3.00 bits per heavy atom. The smallest absolute Gasteiger partial charge is 0.0931 e. The molecule has 0 aliphatic heterocycles. The highest BCUT2D eigenvalue weighted by Gasteiger charge is 1.98. The molecule has 1 aromatic carbocycles. The second-order valence-electron chi connectivity index (χ2n) is 3.43. The molecule has 0 aliphatic carbocycles. The lowest BCUT2D eigenvalue weighted by Crippen LogP contribution is -2.09. The Labute approximate surface area is 77.2 Å². The van der Waals surface area contributed by atoms with Crippen LogP contribution in [-0.4, -0.2) is 16.0 Å². The summed E-state index contributed by atoms with van der Waals surface area (Å²) in [6.07, 6.45) is 1.71. The SMILES string of the molecule is CC(C)Nc1ccc2[nH]cnc2c1. The van der Waals surface area contributed by atoms with Gasteiger partial charge in [0.2, 0.25) is 0 Å². The molecule has 1 heterocycles. The zero-order valence-electron chi connectivity index (χ0n) is 7.83. The molecule has 0 saturated carbocycles. The number of aromatic amines is 1. The Morgan fingerprint density at radius 2 is 2.23 bits per heavy atom. The van der Waals surface area contributed by atoms with Gasteiger partial charge in [-0.3, -0.25) is 0 Å². The molecule has 68 valence electrons. The fourth-order valence-electron chi connectivity index (χ4n) is 1.35. The van der Waals surface area contributed by atoms with E-state index in [-0.39, 0.29) is 0 Å². The van der Waals surface area contributed by atoms with Crippen LogP contribution in [0.25, 0.3) is 11.0 Å². The Hall–Kier alpha value is -1.51. The van der Waals surface area contributed by atoms with E-state index in [9.17, 15) is 0 Å². The third kappa shape index (κ3) is 1.64. The van der Waals surface area contributed by atoms with Gasteiger partial charge in [-0.2, -0.15) is 0 Å². The number of hydrogen-bond donors (Lipinski definition) is 2. The lowest BCUT2D eigenvalue weighted by atomic mass is 10.2. The fraction of sp³-hybridized carbons (Fsp3) is 0.300. The van der Waals surface area contributed by atoms with E-state index in [4.69, 9.17) is 0 Å². The third-order valence-electron chi connectivity index (χ3n) is 1.88. The van der Waals surface area contributed by atoms with Crippen LogP contribution in [0.3, 0.4) is 0 Å². The summed E-state index contributed by atoms with van der Waals surface area (Å²) in [7, 11) is 0. The average Bonchev–Trinajstić information content (AvgIpc) is 2.49. The van der Waals surface area contributed by atoms with Crippen LogP contribution in [0, 0.1) is 0 Å². The van der Waals surface area contributed by atoms with Crippen molar-refractivity contribution in [2.45, 2.75) is 19.9 Å². The van der Waals surface area contributed by atoms with Gasteiger partial charge in [0.1, 0.15) is 0 Å². The van der Waals surface area contributed by atoms with E-state index in [1.807, 2.05) is 12.1 Å². The maximum atomic E-state index is 4.19. The summed E-state index contributed by atoms with van der Waals surface area (Å²) >= 11 is 0. The molecule has 0 aliphatic rings. The summed E-state index contributed by atoms with van der Waals surface area (Å²) in [4.78, 5) is 7.25. The number of fused-ring (bicyclic) bond motifs is 1. The molecule has 0 fully saturated rings. The molecule has 2 rings (SSSR count). The van der Waals surface area contributed by atoms with Gasteiger partial charge in [0.15, 0.2) is 0 Å². The minimum Gasteiger partial charge on any atom is -0.383 e. The summed E-state index contributed by atoms with van der Waals surface area (Å²) in [6, 6.07) is 6.59. The molecule has 3 nitrogen and oxygen atoms in total. The van der Waals surface area contributed by atoms with E-state index in [2.05, 4.69) is 35.2 Å². The van der Waals surface area contributed by atoms with Crippen LogP contribution < -0.4 is 5.32 Å². The van der Waals surface area contributed by atoms with E-state index < -0.39 is 0 Å². The fourth-order valence-corrected chi connectivity index (χ4v) is 1.35. The van der Waals surface area contributed by atoms with Crippen molar-refractivity contribution in [1.82, 2.24) is 9.97 Å². The van der Waals surface area contributed by atoms with Gasteiger partial charge in [0, 0.05) is 11.7 Å². The van der Waals surface area contributed by atoms with Crippen LogP contribution >= 0.6 is 0 Å². The number of nitrogens with zero attached hydrogens (tertiary/aromatic N) is 1. The Balaban J connectivity index is 2.37. The maximum Gasteiger partial charge on any atom is 0.0931 e. The van der Waals surface area contributed by atoms with Gasteiger partial charge >= 0.3 is 0 Å². The molecule has 0 unspecified atom stereocenters. The van der Waals surface area contributed by atoms with Crippen molar-refractivity contribution >= 4 is 16.7 Å².